The molecule has 0 spiro atoms. The number of nitrogens with zero attached hydrogens (tertiary/aromatic N) is 1. The average molecular weight is 406 g/mol. The van der Waals surface area contributed by atoms with Crippen molar-refractivity contribution >= 4 is 27.3 Å². The van der Waals surface area contributed by atoms with Crippen LogP contribution in [0.15, 0.2) is 42.5 Å². The quantitative estimate of drug-likeness (QED) is 0.824. The van der Waals surface area contributed by atoms with Gasteiger partial charge in [0.25, 0.3) is 0 Å². The van der Waals surface area contributed by atoms with Gasteiger partial charge in [-0.25, -0.2) is 12.8 Å². The summed E-state index contributed by atoms with van der Waals surface area (Å²) in [5, 5.41) is 0. The number of rotatable bonds is 5. The van der Waals surface area contributed by atoms with Crippen LogP contribution in [-0.4, -0.2) is 27.5 Å². The van der Waals surface area contributed by atoms with Crippen LogP contribution in [0.1, 0.15) is 26.3 Å². The lowest BCUT2D eigenvalue weighted by Crippen LogP contribution is -2.42. The standard InChI is InChI=1S/C20H23FN2O4S/c1-4-23-17-10-9-16(11-18(17)27-13-20(2,3)19(23)24)22-28(25,26)12-14-5-7-15(21)8-6-14/h5-11,22H,4,12-13H2,1-3H3. The molecular formula is C20H23FN2O4S. The molecule has 0 bridgehead atoms. The maximum Gasteiger partial charge on any atom is 0.236 e. The van der Waals surface area contributed by atoms with Crippen LogP contribution >= 0.6 is 0 Å². The first-order chi connectivity index (χ1) is 13.1. The second-order valence-electron chi connectivity index (χ2n) is 7.39. The SMILES string of the molecule is CCN1C(=O)C(C)(C)COc2cc(NS(=O)(=O)Cc3ccc(F)cc3)ccc21. The van der Waals surface area contributed by atoms with E-state index < -0.39 is 21.3 Å². The minimum atomic E-state index is -3.70. The van der Waals surface area contributed by atoms with Gasteiger partial charge in [-0.2, -0.15) is 0 Å². The van der Waals surface area contributed by atoms with E-state index in [0.29, 0.717) is 29.2 Å². The van der Waals surface area contributed by atoms with Gasteiger partial charge in [-0.3, -0.25) is 9.52 Å². The van der Waals surface area contributed by atoms with E-state index in [4.69, 9.17) is 4.74 Å². The van der Waals surface area contributed by atoms with Crippen molar-refractivity contribution < 1.29 is 22.3 Å². The number of amides is 1. The fourth-order valence-corrected chi connectivity index (χ4v) is 4.23. The second-order valence-corrected chi connectivity index (χ2v) is 9.11. The second kappa shape index (κ2) is 7.43. The van der Waals surface area contributed by atoms with Crippen LogP contribution in [0.3, 0.4) is 0 Å². The van der Waals surface area contributed by atoms with Gasteiger partial charge >= 0.3 is 0 Å². The average Bonchev–Trinajstić information content (AvgIpc) is 2.71. The van der Waals surface area contributed by atoms with Crippen molar-refractivity contribution in [1.29, 1.82) is 0 Å². The first-order valence-corrected chi connectivity index (χ1v) is 10.6. The summed E-state index contributed by atoms with van der Waals surface area (Å²) >= 11 is 0. The molecule has 1 N–H and O–H groups in total. The Hall–Kier alpha value is -2.61. The zero-order valence-corrected chi connectivity index (χ0v) is 16.8. The lowest BCUT2D eigenvalue weighted by atomic mass is 9.93. The number of carbonyl (C=O) groups excluding carboxylic acids is 1. The molecule has 1 heterocycles. The number of hydrogen-bond acceptors (Lipinski definition) is 4. The van der Waals surface area contributed by atoms with Crippen LogP contribution in [0.5, 0.6) is 5.75 Å². The molecule has 0 saturated carbocycles. The Balaban J connectivity index is 1.84. The Morgan fingerprint density at radius 1 is 1.18 bits per heavy atom. The number of carbonyl (C=O) groups is 1. The summed E-state index contributed by atoms with van der Waals surface area (Å²) in [5.74, 6) is -0.297. The topological polar surface area (TPSA) is 75.7 Å². The molecule has 0 radical (unpaired) electrons. The fraction of sp³-hybridized carbons (Fsp3) is 0.350. The molecule has 28 heavy (non-hydrogen) atoms. The van der Waals surface area contributed by atoms with Crippen LogP contribution in [0.25, 0.3) is 0 Å². The van der Waals surface area contributed by atoms with Gasteiger partial charge in [-0.1, -0.05) is 12.1 Å². The minimum Gasteiger partial charge on any atom is -0.490 e. The molecule has 150 valence electrons. The van der Waals surface area contributed by atoms with Crippen molar-refractivity contribution in [1.82, 2.24) is 0 Å². The minimum absolute atomic E-state index is 0.0432. The highest BCUT2D eigenvalue weighted by Crippen LogP contribution is 2.38. The molecule has 2 aromatic carbocycles. The molecule has 0 fully saturated rings. The van der Waals surface area contributed by atoms with Crippen molar-refractivity contribution in [2.75, 3.05) is 22.8 Å². The van der Waals surface area contributed by atoms with E-state index in [1.165, 1.54) is 24.3 Å². The molecule has 0 atom stereocenters. The van der Waals surface area contributed by atoms with Crippen LogP contribution in [-0.2, 0) is 20.6 Å². The maximum absolute atomic E-state index is 13.0. The highest BCUT2D eigenvalue weighted by Gasteiger charge is 2.37. The zero-order valence-electron chi connectivity index (χ0n) is 16.0. The molecule has 0 aliphatic carbocycles. The molecule has 8 heteroatoms. The first kappa shape index (κ1) is 20.1. The van der Waals surface area contributed by atoms with Gasteiger partial charge in [-0.15, -0.1) is 0 Å². The summed E-state index contributed by atoms with van der Waals surface area (Å²) < 4.78 is 46.2. The van der Waals surface area contributed by atoms with E-state index in [2.05, 4.69) is 4.72 Å². The number of benzene rings is 2. The van der Waals surface area contributed by atoms with Gasteiger partial charge in [0.1, 0.15) is 18.2 Å². The van der Waals surface area contributed by atoms with Gasteiger partial charge < -0.3 is 9.64 Å². The largest absolute Gasteiger partial charge is 0.490 e. The molecule has 6 nitrogen and oxygen atoms in total. The van der Waals surface area contributed by atoms with E-state index in [9.17, 15) is 17.6 Å². The Morgan fingerprint density at radius 2 is 1.86 bits per heavy atom. The third-order valence-electron chi connectivity index (χ3n) is 4.52. The van der Waals surface area contributed by atoms with Gasteiger partial charge in [-0.05, 0) is 50.6 Å². The summed E-state index contributed by atoms with van der Waals surface area (Å²) in [6.45, 7) is 6.18. The predicted molar refractivity (Wildman–Crippen MR) is 106 cm³/mol. The van der Waals surface area contributed by atoms with Gasteiger partial charge in [0.05, 0.1) is 22.5 Å². The lowest BCUT2D eigenvalue weighted by Gasteiger charge is -2.26. The number of fused-ring (bicyclic) bond motifs is 1. The van der Waals surface area contributed by atoms with E-state index in [-0.39, 0.29) is 18.3 Å². The van der Waals surface area contributed by atoms with E-state index in [1.807, 2.05) is 20.8 Å². The highest BCUT2D eigenvalue weighted by atomic mass is 32.2. The van der Waals surface area contributed by atoms with Crippen LogP contribution < -0.4 is 14.4 Å². The smallest absolute Gasteiger partial charge is 0.236 e. The molecule has 0 aromatic heterocycles. The molecular weight excluding hydrogens is 383 g/mol. The molecule has 3 rings (SSSR count). The normalized spacial score (nSPS) is 16.1. The van der Waals surface area contributed by atoms with Crippen molar-refractivity contribution in [3.05, 3.63) is 53.8 Å². The molecule has 2 aromatic rings. The molecule has 0 saturated heterocycles. The van der Waals surface area contributed by atoms with Crippen molar-refractivity contribution in [3.8, 4) is 5.75 Å². The van der Waals surface area contributed by atoms with Gasteiger partial charge in [0.2, 0.25) is 15.9 Å². The number of nitrogens with one attached hydrogen (secondary N) is 1. The van der Waals surface area contributed by atoms with E-state index >= 15 is 0 Å². The molecule has 1 amide bonds. The third-order valence-corrected chi connectivity index (χ3v) is 5.78. The van der Waals surface area contributed by atoms with E-state index in [0.717, 1.165) is 0 Å². The summed E-state index contributed by atoms with van der Waals surface area (Å²) in [6, 6.07) is 10.2. The van der Waals surface area contributed by atoms with Crippen LogP contribution in [0.2, 0.25) is 0 Å². The Kier molecular flexibility index (Phi) is 5.34. The van der Waals surface area contributed by atoms with Crippen molar-refractivity contribution in [3.63, 3.8) is 0 Å². The maximum atomic E-state index is 13.0. The number of ether oxygens (including phenoxy) is 1. The summed E-state index contributed by atoms with van der Waals surface area (Å²) in [6.07, 6.45) is 0. The highest BCUT2D eigenvalue weighted by molar-refractivity contribution is 7.91. The Labute approximate surface area is 164 Å². The van der Waals surface area contributed by atoms with Crippen molar-refractivity contribution in [2.24, 2.45) is 5.41 Å². The zero-order chi connectivity index (χ0) is 20.5. The lowest BCUT2D eigenvalue weighted by molar-refractivity contribution is -0.127. The number of hydrogen-bond donors (Lipinski definition) is 1. The number of anilines is 2. The Morgan fingerprint density at radius 3 is 2.50 bits per heavy atom. The Bertz CT molecular complexity index is 988. The monoisotopic (exact) mass is 406 g/mol. The van der Waals surface area contributed by atoms with Gasteiger partial charge in [0, 0.05) is 12.6 Å². The van der Waals surface area contributed by atoms with Crippen molar-refractivity contribution in [2.45, 2.75) is 26.5 Å². The van der Waals surface area contributed by atoms with Crippen LogP contribution in [0.4, 0.5) is 15.8 Å². The molecule has 1 aliphatic rings. The van der Waals surface area contributed by atoms with Crippen LogP contribution in [0, 0.1) is 11.2 Å². The summed E-state index contributed by atoms with van der Waals surface area (Å²) in [5.41, 5.74) is 0.741. The summed E-state index contributed by atoms with van der Waals surface area (Å²) in [7, 11) is -3.70. The molecule has 0 unspecified atom stereocenters. The third kappa shape index (κ3) is 4.27. The number of halogens is 1. The molecule has 1 aliphatic heterocycles. The first-order valence-electron chi connectivity index (χ1n) is 8.95. The fourth-order valence-electron chi connectivity index (χ4n) is 3.04. The number of sulfonamides is 1. The predicted octanol–water partition coefficient (Wildman–Crippen LogP) is 3.54. The van der Waals surface area contributed by atoms with Gasteiger partial charge in [0.15, 0.2) is 0 Å². The summed E-state index contributed by atoms with van der Waals surface area (Å²) in [4.78, 5) is 14.3. The van der Waals surface area contributed by atoms with E-state index in [1.54, 1.807) is 23.1 Å².